The number of rotatable bonds is 13. The van der Waals surface area contributed by atoms with Crippen molar-refractivity contribution in [2.24, 2.45) is 0 Å². The molecule has 4 aromatic carbocycles. The van der Waals surface area contributed by atoms with Gasteiger partial charge in [-0.15, -0.1) is 11.8 Å². The van der Waals surface area contributed by atoms with Gasteiger partial charge in [-0.25, -0.2) is 4.79 Å². The maximum atomic E-state index is 12.0. The van der Waals surface area contributed by atoms with Crippen LogP contribution < -0.4 is 5.32 Å². The van der Waals surface area contributed by atoms with E-state index in [1.807, 2.05) is 78.9 Å². The molecule has 1 fully saturated rings. The Morgan fingerprint density at radius 2 is 1.52 bits per heavy atom. The minimum absolute atomic E-state index is 0.0507. The van der Waals surface area contributed by atoms with Crippen molar-refractivity contribution >= 4 is 29.6 Å². The zero-order valence-corrected chi connectivity index (χ0v) is 25.8. The fourth-order valence-electron chi connectivity index (χ4n) is 5.21. The molecule has 9 nitrogen and oxygen atoms in total. The highest BCUT2D eigenvalue weighted by molar-refractivity contribution is 7.99. The second-order valence-electron chi connectivity index (χ2n) is 11.0. The number of aliphatic hydroxyl groups excluding tert-OH is 1. The van der Waals surface area contributed by atoms with Crippen molar-refractivity contribution in [3.05, 3.63) is 125 Å². The van der Waals surface area contributed by atoms with Crippen LogP contribution in [0.25, 0.3) is 11.1 Å². The normalized spacial score (nSPS) is 17.7. The van der Waals surface area contributed by atoms with E-state index >= 15 is 0 Å². The molecule has 0 unspecified atom stereocenters. The van der Waals surface area contributed by atoms with E-state index in [9.17, 15) is 24.6 Å². The largest absolute Gasteiger partial charge is 0.481 e. The molecule has 238 valence electrons. The number of carbonyl (C=O) groups is 3. The third kappa shape index (κ3) is 8.82. The number of carboxylic acid groups (broad SMARTS) is 2. The maximum Gasteiger partial charge on any atom is 0.336 e. The van der Waals surface area contributed by atoms with Gasteiger partial charge >= 0.3 is 11.9 Å². The monoisotopic (exact) mass is 641 g/mol. The number of hydrogen-bond donors (Lipinski definition) is 4. The molecule has 0 aliphatic carbocycles. The molecule has 10 heteroatoms. The summed E-state index contributed by atoms with van der Waals surface area (Å²) in [5.74, 6) is -1.78. The highest BCUT2D eigenvalue weighted by atomic mass is 32.2. The summed E-state index contributed by atoms with van der Waals surface area (Å²) < 4.78 is 13.0. The summed E-state index contributed by atoms with van der Waals surface area (Å²) in [7, 11) is 0. The molecule has 1 aliphatic rings. The first-order chi connectivity index (χ1) is 22.3. The molecule has 4 N–H and O–H groups in total. The van der Waals surface area contributed by atoms with Crippen LogP contribution in [0.15, 0.2) is 102 Å². The SMILES string of the molecule is O=C(O)CCC(=O)NCc1cccc(-c2cccc([C@H]3O[C@@H](CSc4ccccc4C(=O)O)C[C@@H](c4ccc(CO)cc4)O3)c2)c1. The molecule has 3 atom stereocenters. The Balaban J connectivity index is 1.35. The molecule has 1 saturated heterocycles. The van der Waals surface area contributed by atoms with Crippen LogP contribution in [0, 0.1) is 0 Å². The maximum absolute atomic E-state index is 12.0. The van der Waals surface area contributed by atoms with E-state index in [0.29, 0.717) is 17.1 Å². The van der Waals surface area contributed by atoms with Crippen molar-refractivity contribution in [2.75, 3.05) is 5.75 Å². The number of carboxylic acids is 2. The summed E-state index contributed by atoms with van der Waals surface area (Å²) in [6, 6.07) is 30.2. The topological polar surface area (TPSA) is 142 Å². The third-order valence-corrected chi connectivity index (χ3v) is 8.84. The van der Waals surface area contributed by atoms with Crippen molar-refractivity contribution in [1.82, 2.24) is 5.32 Å². The molecule has 46 heavy (non-hydrogen) atoms. The number of benzene rings is 4. The van der Waals surface area contributed by atoms with Gasteiger partial charge in [0.15, 0.2) is 6.29 Å². The van der Waals surface area contributed by atoms with E-state index in [4.69, 9.17) is 14.6 Å². The van der Waals surface area contributed by atoms with Gasteiger partial charge in [0.2, 0.25) is 5.91 Å². The lowest BCUT2D eigenvalue weighted by molar-refractivity contribution is -0.245. The Morgan fingerprint density at radius 3 is 2.26 bits per heavy atom. The van der Waals surface area contributed by atoms with Crippen LogP contribution in [0.4, 0.5) is 0 Å². The van der Waals surface area contributed by atoms with Crippen LogP contribution in [0.2, 0.25) is 0 Å². The quantitative estimate of drug-likeness (QED) is 0.123. The lowest BCUT2D eigenvalue weighted by Crippen LogP contribution is -2.31. The zero-order chi connectivity index (χ0) is 32.5. The van der Waals surface area contributed by atoms with Crippen molar-refractivity contribution in [2.45, 2.75) is 55.8 Å². The van der Waals surface area contributed by atoms with Gasteiger partial charge in [0, 0.05) is 35.6 Å². The van der Waals surface area contributed by atoms with Crippen LogP contribution in [-0.4, -0.2) is 45.0 Å². The predicted octanol–water partition coefficient (Wildman–Crippen LogP) is 6.36. The number of thioether (sulfide) groups is 1. The first-order valence-corrected chi connectivity index (χ1v) is 15.9. The second kappa shape index (κ2) is 15.7. The molecule has 1 heterocycles. The van der Waals surface area contributed by atoms with Crippen LogP contribution >= 0.6 is 11.8 Å². The predicted molar refractivity (Wildman–Crippen MR) is 173 cm³/mol. The molecule has 0 radical (unpaired) electrons. The third-order valence-electron chi connectivity index (χ3n) is 7.63. The number of hydrogen-bond acceptors (Lipinski definition) is 7. The molecule has 4 aromatic rings. The van der Waals surface area contributed by atoms with Crippen LogP contribution in [0.3, 0.4) is 0 Å². The molecule has 5 rings (SSSR count). The second-order valence-corrected chi connectivity index (χ2v) is 12.0. The molecule has 0 saturated carbocycles. The van der Waals surface area contributed by atoms with E-state index in [0.717, 1.165) is 33.4 Å². The van der Waals surface area contributed by atoms with E-state index in [1.165, 1.54) is 11.8 Å². The summed E-state index contributed by atoms with van der Waals surface area (Å²) in [6.45, 7) is 0.229. The Morgan fingerprint density at radius 1 is 0.783 bits per heavy atom. The number of nitrogens with one attached hydrogen (secondary N) is 1. The lowest BCUT2D eigenvalue weighted by Gasteiger charge is -2.36. The highest BCUT2D eigenvalue weighted by Crippen LogP contribution is 2.40. The first-order valence-electron chi connectivity index (χ1n) is 14.9. The number of carbonyl (C=O) groups excluding carboxylic acids is 1. The fourth-order valence-corrected chi connectivity index (χ4v) is 6.28. The first kappa shape index (κ1) is 32.9. The number of aliphatic carboxylic acids is 1. The molecule has 0 bridgehead atoms. The number of amides is 1. The zero-order valence-electron chi connectivity index (χ0n) is 25.0. The summed E-state index contributed by atoms with van der Waals surface area (Å²) >= 11 is 1.44. The van der Waals surface area contributed by atoms with Crippen molar-refractivity contribution in [1.29, 1.82) is 0 Å². The molecule has 1 amide bonds. The molecule has 1 aliphatic heterocycles. The number of aromatic carboxylic acids is 1. The van der Waals surface area contributed by atoms with Gasteiger partial charge in [-0.3, -0.25) is 9.59 Å². The van der Waals surface area contributed by atoms with Crippen molar-refractivity contribution < 1.29 is 39.2 Å². The number of ether oxygens (including phenoxy) is 2. The average molecular weight is 642 g/mol. The highest BCUT2D eigenvalue weighted by Gasteiger charge is 2.32. The van der Waals surface area contributed by atoms with Crippen LogP contribution in [0.1, 0.15) is 64.3 Å². The summed E-state index contributed by atoms with van der Waals surface area (Å²) in [4.78, 5) is 35.2. The summed E-state index contributed by atoms with van der Waals surface area (Å²) in [5, 5.41) is 30.7. The fraction of sp³-hybridized carbons (Fsp3) is 0.250. The van der Waals surface area contributed by atoms with Gasteiger partial charge < -0.3 is 30.1 Å². The summed E-state index contributed by atoms with van der Waals surface area (Å²) in [5.41, 5.74) is 5.58. The van der Waals surface area contributed by atoms with Gasteiger partial charge in [-0.1, -0.05) is 72.8 Å². The number of aliphatic hydroxyl groups is 1. The Bertz CT molecular complexity index is 1670. The van der Waals surface area contributed by atoms with E-state index in [2.05, 4.69) is 5.32 Å². The summed E-state index contributed by atoms with van der Waals surface area (Å²) in [6.07, 6.45) is -0.941. The molecular formula is C36H35NO8S. The van der Waals surface area contributed by atoms with Gasteiger partial charge in [0.05, 0.1) is 30.8 Å². The molecular weight excluding hydrogens is 606 g/mol. The average Bonchev–Trinajstić information content (AvgIpc) is 3.09. The molecule has 0 aromatic heterocycles. The van der Waals surface area contributed by atoms with E-state index in [1.54, 1.807) is 18.2 Å². The minimum atomic E-state index is -1.01. The van der Waals surface area contributed by atoms with Crippen molar-refractivity contribution in [3.63, 3.8) is 0 Å². The Kier molecular flexibility index (Phi) is 11.2. The van der Waals surface area contributed by atoms with Gasteiger partial charge in [-0.05, 0) is 52.1 Å². The van der Waals surface area contributed by atoms with Crippen molar-refractivity contribution in [3.8, 4) is 11.1 Å². The van der Waals surface area contributed by atoms with Crippen LogP contribution in [0.5, 0.6) is 0 Å². The smallest absolute Gasteiger partial charge is 0.336 e. The lowest BCUT2D eigenvalue weighted by atomic mass is 9.99. The minimum Gasteiger partial charge on any atom is -0.481 e. The molecule has 0 spiro atoms. The van der Waals surface area contributed by atoms with Gasteiger partial charge in [-0.2, -0.15) is 0 Å². The van der Waals surface area contributed by atoms with E-state index < -0.39 is 18.2 Å². The van der Waals surface area contributed by atoms with Gasteiger partial charge in [0.25, 0.3) is 0 Å². The van der Waals surface area contributed by atoms with Gasteiger partial charge in [0.1, 0.15) is 0 Å². The Labute approximate surface area is 271 Å². The standard InChI is InChI=1S/C36H35NO8S/c38-21-23-11-13-25(14-12-23)31-19-29(22-46-32-10-2-1-9-30(32)35(42)43)44-36(45-31)28-8-4-7-27(18-28)26-6-3-5-24(17-26)20-37-33(39)15-16-34(40)41/h1-14,17-18,29,31,36,38H,15-16,19-22H2,(H,37,39)(H,40,41)(H,42,43)/t29-,31+,36+/m1/s1. The Hall–Kier alpha value is -4.48. The van der Waals surface area contributed by atoms with Crippen LogP contribution in [-0.2, 0) is 32.2 Å². The van der Waals surface area contributed by atoms with E-state index in [-0.39, 0.29) is 49.7 Å².